The highest BCUT2D eigenvalue weighted by Crippen LogP contribution is 2.47. The molecule has 0 radical (unpaired) electrons. The Hall–Kier alpha value is -2.98. The maximum absolute atomic E-state index is 14.5. The molecule has 0 saturated heterocycles. The van der Waals surface area contributed by atoms with Gasteiger partial charge in [-0.15, -0.1) is 0 Å². The van der Waals surface area contributed by atoms with Gasteiger partial charge in [-0.25, -0.2) is 4.85 Å². The summed E-state index contributed by atoms with van der Waals surface area (Å²) in [5.41, 5.74) is -1.88. The van der Waals surface area contributed by atoms with Gasteiger partial charge >= 0.3 is 6.18 Å². The van der Waals surface area contributed by atoms with Gasteiger partial charge in [0.15, 0.2) is 5.60 Å². The van der Waals surface area contributed by atoms with Gasteiger partial charge in [-0.1, -0.05) is 65.0 Å². The number of fused-ring (bicyclic) bond motifs is 1. The SMILES string of the molecule is [C-]#[N+]c1c(CC(O)(CC(C)(C)c2cc(C(C)(C)C)ccc2OC)C(F)(F)F)n(C)c2ccccc12. The van der Waals surface area contributed by atoms with Crippen LogP contribution in [0.3, 0.4) is 0 Å². The molecule has 1 N–H and O–H groups in total. The van der Waals surface area contributed by atoms with Gasteiger partial charge in [0.05, 0.1) is 13.7 Å². The lowest BCUT2D eigenvalue weighted by molar-refractivity contribution is -0.266. The molecule has 3 aromatic rings. The summed E-state index contributed by atoms with van der Waals surface area (Å²) in [4.78, 5) is 3.54. The van der Waals surface area contributed by atoms with Gasteiger partial charge in [0.2, 0.25) is 5.69 Å². The van der Waals surface area contributed by atoms with Crippen LogP contribution in [0.15, 0.2) is 42.5 Å². The van der Waals surface area contributed by atoms with E-state index in [-0.39, 0.29) is 16.8 Å². The zero-order valence-corrected chi connectivity index (χ0v) is 21.3. The molecular weight excluding hydrogens is 453 g/mol. The summed E-state index contributed by atoms with van der Waals surface area (Å²) >= 11 is 0. The van der Waals surface area contributed by atoms with Crippen molar-refractivity contribution in [2.45, 2.75) is 70.1 Å². The molecule has 0 aliphatic carbocycles. The average molecular weight is 487 g/mol. The zero-order valence-electron chi connectivity index (χ0n) is 21.3. The minimum absolute atomic E-state index is 0.135. The van der Waals surface area contributed by atoms with Crippen LogP contribution in [-0.4, -0.2) is 28.6 Å². The third-order valence-electron chi connectivity index (χ3n) is 6.83. The highest BCUT2D eigenvalue weighted by atomic mass is 19.4. The fourth-order valence-corrected chi connectivity index (χ4v) is 4.82. The van der Waals surface area contributed by atoms with Crippen molar-refractivity contribution in [3.8, 4) is 5.75 Å². The zero-order chi connectivity index (χ0) is 26.4. The summed E-state index contributed by atoms with van der Waals surface area (Å²) < 4.78 is 50.7. The molecule has 7 heteroatoms. The van der Waals surface area contributed by atoms with E-state index in [4.69, 9.17) is 11.3 Å². The minimum atomic E-state index is -4.92. The smallest absolute Gasteiger partial charge is 0.417 e. The van der Waals surface area contributed by atoms with Crippen LogP contribution < -0.4 is 4.74 Å². The van der Waals surface area contributed by atoms with E-state index in [1.165, 1.54) is 7.11 Å². The number of halogens is 3. The maximum Gasteiger partial charge on any atom is 0.417 e. The Bertz CT molecular complexity index is 1280. The van der Waals surface area contributed by atoms with Gasteiger partial charge < -0.3 is 14.4 Å². The van der Waals surface area contributed by atoms with E-state index in [1.807, 2.05) is 32.9 Å². The maximum atomic E-state index is 14.5. The Labute approximate surface area is 205 Å². The lowest BCUT2D eigenvalue weighted by Gasteiger charge is -2.39. The Kier molecular flexibility index (Phi) is 6.78. The molecule has 0 spiro atoms. The van der Waals surface area contributed by atoms with Crippen molar-refractivity contribution >= 4 is 16.6 Å². The Balaban J connectivity index is 2.14. The monoisotopic (exact) mass is 486 g/mol. The van der Waals surface area contributed by atoms with Crippen molar-refractivity contribution in [2.75, 3.05) is 7.11 Å². The van der Waals surface area contributed by atoms with Crippen LogP contribution in [0.5, 0.6) is 5.75 Å². The van der Waals surface area contributed by atoms with E-state index < -0.39 is 30.0 Å². The van der Waals surface area contributed by atoms with Crippen molar-refractivity contribution in [2.24, 2.45) is 7.05 Å². The molecule has 0 fully saturated rings. The summed E-state index contributed by atoms with van der Waals surface area (Å²) in [5.74, 6) is 0.471. The molecule has 0 saturated carbocycles. The fraction of sp³-hybridized carbons (Fsp3) is 0.464. The van der Waals surface area contributed by atoms with Crippen LogP contribution in [0.2, 0.25) is 0 Å². The van der Waals surface area contributed by atoms with Crippen molar-refractivity contribution < 1.29 is 23.0 Å². The van der Waals surface area contributed by atoms with Crippen LogP contribution in [-0.2, 0) is 24.3 Å². The molecule has 3 rings (SSSR count). The van der Waals surface area contributed by atoms with Gasteiger partial charge in [0, 0.05) is 35.6 Å². The number of aliphatic hydroxyl groups is 1. The second kappa shape index (κ2) is 8.91. The van der Waals surface area contributed by atoms with Crippen molar-refractivity contribution in [3.05, 3.63) is 70.7 Å². The topological polar surface area (TPSA) is 38.8 Å². The highest BCUT2D eigenvalue weighted by molar-refractivity contribution is 5.95. The van der Waals surface area contributed by atoms with Crippen LogP contribution in [0.4, 0.5) is 18.9 Å². The first-order valence-electron chi connectivity index (χ1n) is 11.5. The largest absolute Gasteiger partial charge is 0.496 e. The summed E-state index contributed by atoms with van der Waals surface area (Å²) in [6.07, 6.45) is -6.26. The Morgan fingerprint density at radius 2 is 1.66 bits per heavy atom. The molecule has 188 valence electrons. The van der Waals surface area contributed by atoms with Crippen molar-refractivity contribution in [1.29, 1.82) is 0 Å². The van der Waals surface area contributed by atoms with E-state index in [9.17, 15) is 18.3 Å². The fourth-order valence-electron chi connectivity index (χ4n) is 4.82. The van der Waals surface area contributed by atoms with Gasteiger partial charge in [0.25, 0.3) is 0 Å². The predicted octanol–water partition coefficient (Wildman–Crippen LogP) is 7.24. The van der Waals surface area contributed by atoms with E-state index in [2.05, 4.69) is 4.85 Å². The number of benzene rings is 2. The number of alkyl halides is 3. The van der Waals surface area contributed by atoms with Crippen LogP contribution in [0.1, 0.15) is 57.9 Å². The summed E-state index contributed by atoms with van der Waals surface area (Å²) in [6, 6.07) is 12.5. The number of aryl methyl sites for hydroxylation is 1. The van der Waals surface area contributed by atoms with Gasteiger partial charge in [-0.05, 0) is 34.9 Å². The first-order chi connectivity index (χ1) is 16.1. The number of rotatable bonds is 6. The summed E-state index contributed by atoms with van der Waals surface area (Å²) in [6.45, 7) is 17.1. The number of nitrogens with zero attached hydrogens (tertiary/aromatic N) is 2. The predicted molar refractivity (Wildman–Crippen MR) is 133 cm³/mol. The first-order valence-corrected chi connectivity index (χ1v) is 11.5. The molecule has 0 amide bonds. The van der Waals surface area contributed by atoms with Crippen molar-refractivity contribution in [1.82, 2.24) is 4.57 Å². The quantitative estimate of drug-likeness (QED) is 0.373. The number of para-hydroxylation sites is 1. The number of methoxy groups -OCH3 is 1. The molecule has 0 bridgehead atoms. The number of hydrogen-bond donors (Lipinski definition) is 1. The third kappa shape index (κ3) is 4.90. The van der Waals surface area contributed by atoms with E-state index in [1.54, 1.807) is 55.8 Å². The lowest BCUT2D eigenvalue weighted by atomic mass is 9.71. The molecule has 35 heavy (non-hydrogen) atoms. The van der Waals surface area contributed by atoms with Crippen molar-refractivity contribution in [3.63, 3.8) is 0 Å². The average Bonchev–Trinajstić information content (AvgIpc) is 3.02. The molecule has 1 unspecified atom stereocenters. The highest BCUT2D eigenvalue weighted by Gasteiger charge is 2.56. The van der Waals surface area contributed by atoms with E-state index in [0.29, 0.717) is 22.2 Å². The summed E-state index contributed by atoms with van der Waals surface area (Å²) in [5, 5.41) is 11.9. The minimum Gasteiger partial charge on any atom is -0.496 e. The molecule has 2 aromatic carbocycles. The molecule has 1 heterocycles. The van der Waals surface area contributed by atoms with Gasteiger partial charge in [-0.2, -0.15) is 13.2 Å². The molecule has 0 aliphatic heterocycles. The van der Waals surface area contributed by atoms with E-state index in [0.717, 1.165) is 5.56 Å². The lowest BCUT2D eigenvalue weighted by Crippen LogP contribution is -2.51. The molecule has 1 aromatic heterocycles. The second-order valence-corrected chi connectivity index (χ2v) is 10.9. The van der Waals surface area contributed by atoms with Crippen LogP contribution in [0.25, 0.3) is 15.7 Å². The molecule has 1 atom stereocenters. The van der Waals surface area contributed by atoms with Gasteiger partial charge in [-0.3, -0.25) is 0 Å². The Morgan fingerprint density at radius 3 is 2.20 bits per heavy atom. The number of ether oxygens (including phenoxy) is 1. The molecular formula is C28H33F3N2O2. The number of aromatic nitrogens is 1. The first kappa shape index (κ1) is 26.6. The third-order valence-corrected chi connectivity index (χ3v) is 6.83. The van der Waals surface area contributed by atoms with Crippen LogP contribution >= 0.6 is 0 Å². The molecule has 0 aliphatic rings. The van der Waals surface area contributed by atoms with Crippen LogP contribution in [0, 0.1) is 6.57 Å². The second-order valence-electron chi connectivity index (χ2n) is 10.9. The normalized spacial score (nSPS) is 14.6. The standard InChI is InChI=1S/C28H33F3N2O2/c1-25(2,3)18-13-14-23(35-8)20(15-18)26(4,5)17-27(34,28(29,30)31)16-22-24(32-6)19-11-9-10-12-21(19)33(22)7/h9-15,34H,16-17H2,1-5,7-8H3. The Morgan fingerprint density at radius 1 is 1.03 bits per heavy atom. The van der Waals surface area contributed by atoms with E-state index >= 15 is 0 Å². The summed E-state index contributed by atoms with van der Waals surface area (Å²) in [7, 11) is 3.11. The van der Waals surface area contributed by atoms with Gasteiger partial charge in [0.1, 0.15) is 5.75 Å². The molecule has 4 nitrogen and oxygen atoms in total. The number of hydrogen-bond acceptors (Lipinski definition) is 2.